The van der Waals surface area contributed by atoms with Gasteiger partial charge in [-0.1, -0.05) is 23.7 Å². The molecule has 0 aromatic heterocycles. The number of nitrogens with one attached hydrogen (secondary N) is 1. The first-order valence-corrected chi connectivity index (χ1v) is 8.45. The van der Waals surface area contributed by atoms with E-state index in [0.29, 0.717) is 22.0 Å². The molecular weight excluding hydrogens is 388 g/mol. The van der Waals surface area contributed by atoms with Crippen molar-refractivity contribution >= 4 is 40.9 Å². The van der Waals surface area contributed by atoms with Gasteiger partial charge in [-0.25, -0.2) is 4.79 Å². The second-order valence-corrected chi connectivity index (χ2v) is 6.01. The van der Waals surface area contributed by atoms with Crippen LogP contribution < -0.4 is 10.1 Å². The number of nitrogens with zero attached hydrogens (tertiary/aromatic N) is 1. The van der Waals surface area contributed by atoms with E-state index in [0.717, 1.165) is 6.08 Å². The molecule has 146 valence electrons. The topological polar surface area (TPSA) is 108 Å². The van der Waals surface area contributed by atoms with E-state index in [1.165, 1.54) is 44.4 Å². The number of nitro benzene ring substituents is 1. The second kappa shape index (κ2) is 9.52. The molecule has 0 bridgehead atoms. The quantitative estimate of drug-likeness (QED) is 0.325. The minimum absolute atomic E-state index is 0.0959. The average Bonchev–Trinajstić information content (AvgIpc) is 2.66. The standard InChI is InChI=1S/C19H17ClN2O6/c1-12(19(24)21-14-7-8-17(27-2)16(20)11-14)28-18(23)9-6-13-4-3-5-15(10-13)22(25)26/h3-12H,1-2H3,(H,21,24)/b9-6+/t12-/m1/s1. The van der Waals surface area contributed by atoms with Crippen LogP contribution in [0.3, 0.4) is 0 Å². The molecule has 1 amide bonds. The maximum absolute atomic E-state index is 12.1. The van der Waals surface area contributed by atoms with Crippen LogP contribution in [0.25, 0.3) is 6.08 Å². The van der Waals surface area contributed by atoms with E-state index < -0.39 is 22.9 Å². The number of non-ortho nitro benzene ring substituents is 1. The zero-order chi connectivity index (χ0) is 20.7. The summed E-state index contributed by atoms with van der Waals surface area (Å²) in [5.41, 5.74) is 0.781. The highest BCUT2D eigenvalue weighted by Gasteiger charge is 2.17. The molecule has 0 heterocycles. The van der Waals surface area contributed by atoms with E-state index in [9.17, 15) is 19.7 Å². The highest BCUT2D eigenvalue weighted by Crippen LogP contribution is 2.27. The Hall–Kier alpha value is -3.39. The number of nitro groups is 1. The van der Waals surface area contributed by atoms with Crippen molar-refractivity contribution in [2.45, 2.75) is 13.0 Å². The average molecular weight is 405 g/mol. The highest BCUT2D eigenvalue weighted by molar-refractivity contribution is 6.32. The molecule has 1 atom stereocenters. The monoisotopic (exact) mass is 404 g/mol. The SMILES string of the molecule is COc1ccc(NC(=O)[C@@H](C)OC(=O)/C=C/c2cccc([N+](=O)[O-])c2)cc1Cl. The number of halogens is 1. The molecule has 0 radical (unpaired) electrons. The van der Waals surface area contributed by atoms with Gasteiger partial charge in [-0.05, 0) is 36.8 Å². The van der Waals surface area contributed by atoms with Gasteiger partial charge in [0.25, 0.3) is 11.6 Å². The van der Waals surface area contributed by atoms with Gasteiger partial charge >= 0.3 is 5.97 Å². The van der Waals surface area contributed by atoms with Crippen LogP contribution in [0.5, 0.6) is 5.75 Å². The number of esters is 1. The lowest BCUT2D eigenvalue weighted by Crippen LogP contribution is -2.29. The molecule has 1 N–H and O–H groups in total. The van der Waals surface area contributed by atoms with Crippen LogP contribution in [-0.4, -0.2) is 30.0 Å². The third-order valence-corrected chi connectivity index (χ3v) is 3.87. The molecule has 0 fully saturated rings. The first-order chi connectivity index (χ1) is 13.3. The number of ether oxygens (including phenoxy) is 2. The molecule has 28 heavy (non-hydrogen) atoms. The van der Waals surface area contributed by atoms with Crippen LogP contribution in [0, 0.1) is 10.1 Å². The van der Waals surface area contributed by atoms with Crippen molar-refractivity contribution in [3.05, 3.63) is 69.2 Å². The van der Waals surface area contributed by atoms with Crippen LogP contribution in [-0.2, 0) is 14.3 Å². The molecule has 0 aliphatic rings. The summed E-state index contributed by atoms with van der Waals surface area (Å²) in [4.78, 5) is 34.2. The fourth-order valence-electron chi connectivity index (χ4n) is 2.16. The summed E-state index contributed by atoms with van der Waals surface area (Å²) < 4.78 is 10.1. The van der Waals surface area contributed by atoms with E-state index >= 15 is 0 Å². The number of methoxy groups -OCH3 is 1. The van der Waals surface area contributed by atoms with E-state index in [2.05, 4.69) is 5.32 Å². The number of hydrogen-bond donors (Lipinski definition) is 1. The van der Waals surface area contributed by atoms with Crippen LogP contribution in [0.15, 0.2) is 48.5 Å². The zero-order valence-electron chi connectivity index (χ0n) is 15.0. The Bertz CT molecular complexity index is 928. The van der Waals surface area contributed by atoms with E-state index in [4.69, 9.17) is 21.1 Å². The summed E-state index contributed by atoms with van der Waals surface area (Å²) in [6.45, 7) is 1.42. The predicted octanol–water partition coefficient (Wildman–Crippen LogP) is 3.84. The smallest absolute Gasteiger partial charge is 0.331 e. The van der Waals surface area contributed by atoms with Crippen molar-refractivity contribution < 1.29 is 24.0 Å². The number of hydrogen-bond acceptors (Lipinski definition) is 6. The Kier molecular flexibility index (Phi) is 7.11. The fraction of sp³-hybridized carbons (Fsp3) is 0.158. The van der Waals surface area contributed by atoms with Crippen molar-refractivity contribution in [2.75, 3.05) is 12.4 Å². The predicted molar refractivity (Wildman–Crippen MR) is 104 cm³/mol. The number of benzene rings is 2. The Morgan fingerprint density at radius 1 is 1.25 bits per heavy atom. The second-order valence-electron chi connectivity index (χ2n) is 5.60. The molecule has 9 heteroatoms. The van der Waals surface area contributed by atoms with Crippen molar-refractivity contribution in [2.24, 2.45) is 0 Å². The maximum Gasteiger partial charge on any atom is 0.331 e. The third kappa shape index (κ3) is 5.82. The molecule has 0 spiro atoms. The molecule has 2 aromatic rings. The van der Waals surface area contributed by atoms with Crippen LogP contribution >= 0.6 is 11.6 Å². The number of carbonyl (C=O) groups is 2. The maximum atomic E-state index is 12.1. The third-order valence-electron chi connectivity index (χ3n) is 3.57. The van der Waals surface area contributed by atoms with Crippen molar-refractivity contribution in [3.63, 3.8) is 0 Å². The van der Waals surface area contributed by atoms with Gasteiger partial charge < -0.3 is 14.8 Å². The Balaban J connectivity index is 1.94. The first kappa shape index (κ1) is 20.9. The van der Waals surface area contributed by atoms with Crippen molar-refractivity contribution in [1.29, 1.82) is 0 Å². The summed E-state index contributed by atoms with van der Waals surface area (Å²) in [6.07, 6.45) is 1.39. The number of carbonyl (C=O) groups excluding carboxylic acids is 2. The van der Waals surface area contributed by atoms with Gasteiger partial charge in [-0.3, -0.25) is 14.9 Å². The minimum Gasteiger partial charge on any atom is -0.495 e. The molecule has 2 rings (SSSR count). The largest absolute Gasteiger partial charge is 0.495 e. The minimum atomic E-state index is -1.07. The summed E-state index contributed by atoms with van der Waals surface area (Å²) in [5, 5.41) is 13.7. The van der Waals surface area contributed by atoms with Gasteiger partial charge in [-0.2, -0.15) is 0 Å². The van der Waals surface area contributed by atoms with Crippen LogP contribution in [0.2, 0.25) is 5.02 Å². The lowest BCUT2D eigenvalue weighted by Gasteiger charge is -2.13. The summed E-state index contributed by atoms with van der Waals surface area (Å²) in [7, 11) is 1.47. The van der Waals surface area contributed by atoms with E-state index in [-0.39, 0.29) is 5.69 Å². The Morgan fingerprint density at radius 2 is 2.00 bits per heavy atom. The van der Waals surface area contributed by atoms with Gasteiger partial charge in [0.2, 0.25) is 0 Å². The summed E-state index contributed by atoms with van der Waals surface area (Å²) >= 11 is 5.99. The number of amides is 1. The Labute approximate surface area is 165 Å². The van der Waals surface area contributed by atoms with Gasteiger partial charge in [0.1, 0.15) is 5.75 Å². The van der Waals surface area contributed by atoms with Gasteiger partial charge in [0, 0.05) is 23.9 Å². The Morgan fingerprint density at radius 3 is 2.64 bits per heavy atom. The van der Waals surface area contributed by atoms with Gasteiger partial charge in [0.05, 0.1) is 17.1 Å². The van der Waals surface area contributed by atoms with Gasteiger partial charge in [-0.15, -0.1) is 0 Å². The molecule has 0 aliphatic heterocycles. The molecule has 2 aromatic carbocycles. The molecule has 0 saturated carbocycles. The van der Waals surface area contributed by atoms with Gasteiger partial charge in [0.15, 0.2) is 6.10 Å². The molecule has 0 saturated heterocycles. The lowest BCUT2D eigenvalue weighted by atomic mass is 10.2. The highest BCUT2D eigenvalue weighted by atomic mass is 35.5. The molecular formula is C19H17ClN2O6. The van der Waals surface area contributed by atoms with E-state index in [1.54, 1.807) is 18.2 Å². The first-order valence-electron chi connectivity index (χ1n) is 8.07. The lowest BCUT2D eigenvalue weighted by molar-refractivity contribution is -0.384. The molecule has 8 nitrogen and oxygen atoms in total. The van der Waals surface area contributed by atoms with Crippen molar-refractivity contribution in [3.8, 4) is 5.75 Å². The number of anilines is 1. The van der Waals surface area contributed by atoms with Crippen LogP contribution in [0.4, 0.5) is 11.4 Å². The molecule has 0 aliphatic carbocycles. The van der Waals surface area contributed by atoms with Crippen molar-refractivity contribution in [1.82, 2.24) is 0 Å². The zero-order valence-corrected chi connectivity index (χ0v) is 15.8. The normalized spacial score (nSPS) is 11.7. The molecule has 0 unspecified atom stereocenters. The number of rotatable bonds is 7. The van der Waals surface area contributed by atoms with E-state index in [1.807, 2.05) is 0 Å². The van der Waals surface area contributed by atoms with Crippen LogP contribution in [0.1, 0.15) is 12.5 Å². The summed E-state index contributed by atoms with van der Waals surface area (Å²) in [5.74, 6) is -0.842. The summed E-state index contributed by atoms with van der Waals surface area (Å²) in [6, 6.07) is 10.4. The fourth-order valence-corrected chi connectivity index (χ4v) is 2.42.